The molecule has 0 spiro atoms. The number of rotatable bonds is 7. The number of hydrogen-bond donors (Lipinski definition) is 0. The van der Waals surface area contributed by atoms with E-state index in [4.69, 9.17) is 0 Å². The number of hydrogen-bond acceptors (Lipinski definition) is 4. The first-order valence-corrected chi connectivity index (χ1v) is 10.5. The number of aromatic nitrogens is 4. The summed E-state index contributed by atoms with van der Waals surface area (Å²) in [6.07, 6.45) is 5.60. The lowest BCUT2D eigenvalue weighted by Crippen LogP contribution is -2.01. The number of nitrogens with zero attached hydrogens (tertiary/aromatic N) is 4. The van der Waals surface area contributed by atoms with Crippen LogP contribution in [0.2, 0.25) is 0 Å². The van der Waals surface area contributed by atoms with Crippen molar-refractivity contribution in [2.75, 3.05) is 5.75 Å². The standard InChI is InChI=1S/C23H22N4S/c1-2-18-8-10-21(11-9-18)27-22(20-12-15-24-16-13-20)25-26-23(27)28-17-14-19-6-4-3-5-7-19/h3-13,15-16H,2,14,17H2,1H3. The van der Waals surface area contributed by atoms with Crippen molar-refractivity contribution in [1.29, 1.82) is 0 Å². The number of aryl methyl sites for hydroxylation is 2. The van der Waals surface area contributed by atoms with E-state index >= 15 is 0 Å². The Morgan fingerprint density at radius 2 is 1.57 bits per heavy atom. The van der Waals surface area contributed by atoms with Gasteiger partial charge in [-0.15, -0.1) is 10.2 Å². The summed E-state index contributed by atoms with van der Waals surface area (Å²) in [4.78, 5) is 4.12. The smallest absolute Gasteiger partial charge is 0.196 e. The first-order chi connectivity index (χ1) is 13.8. The van der Waals surface area contributed by atoms with Crippen molar-refractivity contribution in [3.05, 3.63) is 90.3 Å². The van der Waals surface area contributed by atoms with Crippen LogP contribution in [0.25, 0.3) is 17.1 Å². The van der Waals surface area contributed by atoms with Crippen LogP contribution in [0, 0.1) is 0 Å². The lowest BCUT2D eigenvalue weighted by atomic mass is 10.1. The Labute approximate surface area is 169 Å². The topological polar surface area (TPSA) is 43.6 Å². The van der Waals surface area contributed by atoms with Crippen LogP contribution in [0.5, 0.6) is 0 Å². The average Bonchev–Trinajstić information content (AvgIpc) is 3.19. The SMILES string of the molecule is CCc1ccc(-n2c(SCCc3ccccc3)nnc2-c2ccncc2)cc1. The van der Waals surface area contributed by atoms with Crippen molar-refractivity contribution < 1.29 is 0 Å². The highest BCUT2D eigenvalue weighted by Gasteiger charge is 2.16. The highest BCUT2D eigenvalue weighted by molar-refractivity contribution is 7.99. The van der Waals surface area contributed by atoms with E-state index in [9.17, 15) is 0 Å². The maximum atomic E-state index is 4.50. The van der Waals surface area contributed by atoms with Gasteiger partial charge in [0.2, 0.25) is 0 Å². The Morgan fingerprint density at radius 1 is 0.821 bits per heavy atom. The van der Waals surface area contributed by atoms with Crippen molar-refractivity contribution in [2.45, 2.75) is 24.9 Å². The summed E-state index contributed by atoms with van der Waals surface area (Å²) >= 11 is 1.74. The summed E-state index contributed by atoms with van der Waals surface area (Å²) in [5, 5.41) is 9.90. The number of benzene rings is 2. The van der Waals surface area contributed by atoms with Crippen LogP contribution < -0.4 is 0 Å². The molecule has 0 atom stereocenters. The predicted molar refractivity (Wildman–Crippen MR) is 115 cm³/mol. The molecule has 0 aliphatic rings. The molecule has 0 saturated heterocycles. The average molecular weight is 387 g/mol. The van der Waals surface area contributed by atoms with Gasteiger partial charge in [-0.25, -0.2) is 0 Å². The van der Waals surface area contributed by atoms with E-state index in [2.05, 4.69) is 75.2 Å². The first kappa shape index (κ1) is 18.4. The molecule has 0 aliphatic carbocycles. The van der Waals surface area contributed by atoms with E-state index < -0.39 is 0 Å². The molecule has 4 nitrogen and oxygen atoms in total. The largest absolute Gasteiger partial charge is 0.270 e. The van der Waals surface area contributed by atoms with Crippen LogP contribution in [0.3, 0.4) is 0 Å². The molecule has 28 heavy (non-hydrogen) atoms. The van der Waals surface area contributed by atoms with Gasteiger partial charge in [-0.05, 0) is 48.2 Å². The third kappa shape index (κ3) is 4.15. The molecule has 0 unspecified atom stereocenters. The van der Waals surface area contributed by atoms with Crippen LogP contribution in [0.1, 0.15) is 18.1 Å². The van der Waals surface area contributed by atoms with Crippen LogP contribution >= 0.6 is 11.8 Å². The van der Waals surface area contributed by atoms with E-state index in [-0.39, 0.29) is 0 Å². The number of pyridine rings is 1. The summed E-state index contributed by atoms with van der Waals surface area (Å²) in [6, 6.07) is 23.1. The molecule has 2 aromatic heterocycles. The zero-order valence-corrected chi connectivity index (χ0v) is 16.6. The van der Waals surface area contributed by atoms with Crippen LogP contribution in [0.15, 0.2) is 84.3 Å². The monoisotopic (exact) mass is 386 g/mol. The lowest BCUT2D eigenvalue weighted by molar-refractivity contribution is 0.883. The molecular formula is C23H22N4S. The molecule has 4 rings (SSSR count). The zero-order valence-electron chi connectivity index (χ0n) is 15.8. The van der Waals surface area contributed by atoms with Crippen LogP contribution in [-0.2, 0) is 12.8 Å². The van der Waals surface area contributed by atoms with E-state index in [1.165, 1.54) is 11.1 Å². The molecule has 140 valence electrons. The minimum atomic E-state index is 0.842. The quantitative estimate of drug-likeness (QED) is 0.408. The lowest BCUT2D eigenvalue weighted by Gasteiger charge is -2.11. The second-order valence-corrected chi connectivity index (χ2v) is 7.54. The van der Waals surface area contributed by atoms with Gasteiger partial charge in [0.25, 0.3) is 0 Å². The van der Waals surface area contributed by atoms with E-state index in [1.807, 2.05) is 18.2 Å². The molecule has 0 saturated carbocycles. The molecule has 0 N–H and O–H groups in total. The van der Waals surface area contributed by atoms with Gasteiger partial charge in [-0.3, -0.25) is 9.55 Å². The normalized spacial score (nSPS) is 10.9. The van der Waals surface area contributed by atoms with Gasteiger partial charge in [0.1, 0.15) is 0 Å². The second-order valence-electron chi connectivity index (χ2n) is 6.48. The molecular weight excluding hydrogens is 364 g/mol. The summed E-state index contributed by atoms with van der Waals surface area (Å²) in [6.45, 7) is 2.17. The summed E-state index contributed by atoms with van der Waals surface area (Å²) in [5.41, 5.74) is 4.75. The Morgan fingerprint density at radius 3 is 2.29 bits per heavy atom. The Balaban J connectivity index is 1.64. The van der Waals surface area contributed by atoms with Gasteiger partial charge in [-0.1, -0.05) is 61.2 Å². The third-order valence-corrected chi connectivity index (χ3v) is 5.57. The van der Waals surface area contributed by atoms with E-state index in [1.54, 1.807) is 24.2 Å². The Hall–Kier alpha value is -2.92. The van der Waals surface area contributed by atoms with Crippen LogP contribution in [0.4, 0.5) is 0 Å². The Kier molecular flexibility index (Phi) is 5.83. The second kappa shape index (κ2) is 8.85. The van der Waals surface area contributed by atoms with Crippen LogP contribution in [-0.4, -0.2) is 25.5 Å². The van der Waals surface area contributed by atoms with Gasteiger partial charge < -0.3 is 0 Å². The summed E-state index contributed by atoms with van der Waals surface area (Å²) in [7, 11) is 0. The van der Waals surface area contributed by atoms with Crippen molar-refractivity contribution in [2.24, 2.45) is 0 Å². The minimum Gasteiger partial charge on any atom is -0.270 e. The fraction of sp³-hybridized carbons (Fsp3) is 0.174. The van der Waals surface area contributed by atoms with E-state index in [0.29, 0.717) is 0 Å². The molecule has 0 amide bonds. The maximum Gasteiger partial charge on any atom is 0.196 e. The molecule has 0 bridgehead atoms. The van der Waals surface area contributed by atoms with Crippen molar-refractivity contribution in [1.82, 2.24) is 19.7 Å². The van der Waals surface area contributed by atoms with E-state index in [0.717, 1.165) is 40.8 Å². The molecule has 0 radical (unpaired) electrons. The fourth-order valence-corrected chi connectivity index (χ4v) is 4.01. The predicted octanol–water partition coefficient (Wildman–Crippen LogP) is 5.23. The van der Waals surface area contributed by atoms with Gasteiger partial charge in [-0.2, -0.15) is 0 Å². The molecule has 4 aromatic rings. The maximum absolute atomic E-state index is 4.50. The zero-order chi connectivity index (χ0) is 19.2. The highest BCUT2D eigenvalue weighted by Crippen LogP contribution is 2.28. The fourth-order valence-electron chi connectivity index (χ4n) is 3.07. The summed E-state index contributed by atoms with van der Waals surface area (Å²) < 4.78 is 2.14. The first-order valence-electron chi connectivity index (χ1n) is 9.47. The number of thioether (sulfide) groups is 1. The van der Waals surface area contributed by atoms with Gasteiger partial charge in [0.05, 0.1) is 0 Å². The van der Waals surface area contributed by atoms with Gasteiger partial charge in [0.15, 0.2) is 11.0 Å². The molecule has 2 heterocycles. The molecule has 0 aliphatic heterocycles. The third-order valence-electron chi connectivity index (χ3n) is 4.64. The highest BCUT2D eigenvalue weighted by atomic mass is 32.2. The Bertz CT molecular complexity index is 1010. The van der Waals surface area contributed by atoms with Crippen molar-refractivity contribution in [3.8, 4) is 17.1 Å². The molecule has 2 aromatic carbocycles. The van der Waals surface area contributed by atoms with Gasteiger partial charge in [0, 0.05) is 29.4 Å². The molecule has 0 fully saturated rings. The minimum absolute atomic E-state index is 0.842. The van der Waals surface area contributed by atoms with Crippen molar-refractivity contribution in [3.63, 3.8) is 0 Å². The van der Waals surface area contributed by atoms with Crippen molar-refractivity contribution >= 4 is 11.8 Å². The molecule has 5 heteroatoms. The summed E-state index contributed by atoms with van der Waals surface area (Å²) in [5.74, 6) is 1.79. The van der Waals surface area contributed by atoms with Gasteiger partial charge >= 0.3 is 0 Å².